The van der Waals surface area contributed by atoms with E-state index in [4.69, 9.17) is 10.00 Å². The van der Waals surface area contributed by atoms with Crippen molar-refractivity contribution in [2.24, 2.45) is 0 Å². The number of nitrogens with one attached hydrogen (secondary N) is 2. The molecule has 3 aromatic rings. The maximum absolute atomic E-state index is 11.6. The fraction of sp³-hybridized carbons (Fsp3) is 0.0769. The number of pyridine rings is 1. The van der Waals surface area contributed by atoms with Crippen molar-refractivity contribution >= 4 is 21.9 Å². The van der Waals surface area contributed by atoms with E-state index in [1.807, 2.05) is 24.3 Å². The number of fused-ring (bicyclic) bond motifs is 3. The van der Waals surface area contributed by atoms with Gasteiger partial charge in [0.2, 0.25) is 0 Å². The highest BCUT2D eigenvalue weighted by Gasteiger charge is 2.09. The molecule has 0 aliphatic carbocycles. The second-order valence-electron chi connectivity index (χ2n) is 3.95. The molecule has 5 heteroatoms. The average molecular weight is 239 g/mol. The van der Waals surface area contributed by atoms with E-state index in [0.29, 0.717) is 11.3 Å². The van der Waals surface area contributed by atoms with Crippen molar-refractivity contribution in [1.82, 2.24) is 9.97 Å². The highest BCUT2D eigenvalue weighted by atomic mass is 16.5. The van der Waals surface area contributed by atoms with Gasteiger partial charge in [0.05, 0.1) is 18.1 Å². The van der Waals surface area contributed by atoms with E-state index in [1.165, 1.54) is 0 Å². The molecule has 0 aliphatic heterocycles. The fourth-order valence-corrected chi connectivity index (χ4v) is 2.04. The molecule has 5 nitrogen and oxygen atoms in total. The molecule has 0 amide bonds. The lowest BCUT2D eigenvalue weighted by molar-refractivity contribution is 0.415. The van der Waals surface area contributed by atoms with Gasteiger partial charge < -0.3 is 14.7 Å². The molecule has 0 atom stereocenters. The topological polar surface area (TPSA) is 81.7 Å². The molecule has 0 aliphatic rings. The lowest BCUT2D eigenvalue weighted by atomic mass is 10.2. The molecular weight excluding hydrogens is 230 g/mol. The van der Waals surface area contributed by atoms with Crippen LogP contribution < -0.4 is 10.3 Å². The molecule has 2 aromatic heterocycles. The third kappa shape index (κ3) is 1.36. The zero-order chi connectivity index (χ0) is 12.7. The minimum absolute atomic E-state index is 0.0982. The number of aromatic amines is 2. The Labute approximate surface area is 102 Å². The van der Waals surface area contributed by atoms with E-state index in [1.54, 1.807) is 13.2 Å². The summed E-state index contributed by atoms with van der Waals surface area (Å²) in [5.74, 6) is 0.716. The van der Waals surface area contributed by atoms with E-state index in [9.17, 15) is 4.79 Å². The van der Waals surface area contributed by atoms with Gasteiger partial charge in [-0.2, -0.15) is 5.26 Å². The molecule has 0 saturated carbocycles. The molecule has 1 aromatic carbocycles. The smallest absolute Gasteiger partial charge is 0.266 e. The quantitative estimate of drug-likeness (QED) is 0.680. The fourth-order valence-electron chi connectivity index (χ4n) is 2.04. The van der Waals surface area contributed by atoms with Crippen LogP contribution in [0.3, 0.4) is 0 Å². The number of methoxy groups -OCH3 is 1. The maximum Gasteiger partial charge on any atom is 0.266 e. The predicted molar refractivity (Wildman–Crippen MR) is 67.7 cm³/mol. The predicted octanol–water partition coefficient (Wildman–Crippen LogP) is 1.89. The van der Waals surface area contributed by atoms with E-state index in [2.05, 4.69) is 9.97 Å². The van der Waals surface area contributed by atoms with Crippen LogP contribution in [0.4, 0.5) is 0 Å². The van der Waals surface area contributed by atoms with Crippen LogP contribution in [0.5, 0.6) is 5.75 Å². The first-order valence-electron chi connectivity index (χ1n) is 5.36. The summed E-state index contributed by atoms with van der Waals surface area (Å²) in [5.41, 5.74) is 2.02. The molecule has 3 rings (SSSR count). The van der Waals surface area contributed by atoms with E-state index in [0.717, 1.165) is 16.4 Å². The minimum atomic E-state index is -0.381. The van der Waals surface area contributed by atoms with Gasteiger partial charge in [0.25, 0.3) is 5.56 Å². The Morgan fingerprint density at radius 3 is 2.78 bits per heavy atom. The number of aromatic nitrogens is 2. The van der Waals surface area contributed by atoms with Gasteiger partial charge in [0.15, 0.2) is 0 Å². The Kier molecular flexibility index (Phi) is 2.10. The summed E-state index contributed by atoms with van der Waals surface area (Å²) in [6.45, 7) is 0. The number of rotatable bonds is 1. The molecule has 0 bridgehead atoms. The van der Waals surface area contributed by atoms with Crippen molar-refractivity contribution in [1.29, 1.82) is 5.26 Å². The summed E-state index contributed by atoms with van der Waals surface area (Å²) >= 11 is 0. The van der Waals surface area contributed by atoms with Crippen molar-refractivity contribution in [2.75, 3.05) is 7.11 Å². The summed E-state index contributed by atoms with van der Waals surface area (Å²) in [7, 11) is 1.59. The number of hydrogen-bond acceptors (Lipinski definition) is 3. The summed E-state index contributed by atoms with van der Waals surface area (Å²) < 4.78 is 5.16. The summed E-state index contributed by atoms with van der Waals surface area (Å²) in [6.07, 6.45) is 0. The van der Waals surface area contributed by atoms with E-state index in [-0.39, 0.29) is 11.1 Å². The Balaban J connectivity index is 2.46. The van der Waals surface area contributed by atoms with Crippen LogP contribution in [0.15, 0.2) is 29.1 Å². The van der Waals surface area contributed by atoms with Gasteiger partial charge in [-0.15, -0.1) is 0 Å². The van der Waals surface area contributed by atoms with Gasteiger partial charge in [-0.05, 0) is 24.3 Å². The van der Waals surface area contributed by atoms with Gasteiger partial charge in [0, 0.05) is 10.9 Å². The number of nitriles is 1. The summed E-state index contributed by atoms with van der Waals surface area (Å²) in [4.78, 5) is 17.5. The Hall–Kier alpha value is -2.74. The number of ether oxygens (including phenoxy) is 1. The lowest BCUT2D eigenvalue weighted by Crippen LogP contribution is -2.08. The third-order valence-corrected chi connectivity index (χ3v) is 2.93. The van der Waals surface area contributed by atoms with Gasteiger partial charge in [-0.25, -0.2) is 0 Å². The van der Waals surface area contributed by atoms with Crippen LogP contribution in [-0.4, -0.2) is 17.1 Å². The molecule has 18 heavy (non-hydrogen) atoms. The first-order chi connectivity index (χ1) is 8.72. The lowest BCUT2D eigenvalue weighted by Gasteiger charge is -1.98. The molecule has 88 valence electrons. The Morgan fingerprint density at radius 1 is 1.22 bits per heavy atom. The molecule has 0 spiro atoms. The van der Waals surface area contributed by atoms with Gasteiger partial charge in [0.1, 0.15) is 17.4 Å². The van der Waals surface area contributed by atoms with Crippen molar-refractivity contribution in [3.05, 3.63) is 40.2 Å². The van der Waals surface area contributed by atoms with Crippen molar-refractivity contribution < 1.29 is 4.74 Å². The molecule has 2 N–H and O–H groups in total. The molecule has 0 unspecified atom stereocenters. The van der Waals surface area contributed by atoms with E-state index < -0.39 is 0 Å². The summed E-state index contributed by atoms with van der Waals surface area (Å²) in [5, 5.41) is 9.70. The standard InChI is InChI=1S/C13H9N3O2/c1-18-8-2-3-10-9(5-8)12-11(15-10)4-7(6-14)13(17)16-12/h2-5,15H,1H3,(H,16,17). The van der Waals surface area contributed by atoms with Crippen molar-refractivity contribution in [3.63, 3.8) is 0 Å². The average Bonchev–Trinajstić information content (AvgIpc) is 2.74. The SMILES string of the molecule is COc1ccc2[nH]c3cc(C#N)c(=O)[nH]c3c2c1. The van der Waals surface area contributed by atoms with Crippen LogP contribution >= 0.6 is 0 Å². The van der Waals surface area contributed by atoms with E-state index >= 15 is 0 Å². The third-order valence-electron chi connectivity index (χ3n) is 2.93. The normalized spacial score (nSPS) is 10.7. The molecule has 0 fully saturated rings. The van der Waals surface area contributed by atoms with Gasteiger partial charge in [-0.3, -0.25) is 4.79 Å². The number of nitrogens with zero attached hydrogens (tertiary/aromatic N) is 1. The molecule has 0 saturated heterocycles. The van der Waals surface area contributed by atoms with Crippen LogP contribution in [0.2, 0.25) is 0 Å². The highest BCUT2D eigenvalue weighted by molar-refractivity contribution is 6.05. The van der Waals surface area contributed by atoms with Crippen LogP contribution in [-0.2, 0) is 0 Å². The highest BCUT2D eigenvalue weighted by Crippen LogP contribution is 2.26. The zero-order valence-electron chi connectivity index (χ0n) is 9.57. The minimum Gasteiger partial charge on any atom is -0.497 e. The molecule has 0 radical (unpaired) electrons. The van der Waals surface area contributed by atoms with Crippen LogP contribution in [0.25, 0.3) is 21.9 Å². The Bertz CT molecular complexity index is 852. The Morgan fingerprint density at radius 2 is 2.06 bits per heavy atom. The zero-order valence-corrected chi connectivity index (χ0v) is 9.57. The number of H-pyrrole nitrogens is 2. The van der Waals surface area contributed by atoms with Crippen LogP contribution in [0.1, 0.15) is 5.56 Å². The van der Waals surface area contributed by atoms with Gasteiger partial charge in [-0.1, -0.05) is 0 Å². The first kappa shape index (κ1) is 10.4. The first-order valence-corrected chi connectivity index (χ1v) is 5.36. The number of benzene rings is 1. The monoisotopic (exact) mass is 239 g/mol. The van der Waals surface area contributed by atoms with Gasteiger partial charge >= 0.3 is 0 Å². The van der Waals surface area contributed by atoms with Crippen molar-refractivity contribution in [2.45, 2.75) is 0 Å². The van der Waals surface area contributed by atoms with Crippen molar-refractivity contribution in [3.8, 4) is 11.8 Å². The second-order valence-corrected chi connectivity index (χ2v) is 3.95. The maximum atomic E-state index is 11.6. The second kappa shape index (κ2) is 3.64. The molecule has 2 heterocycles. The largest absolute Gasteiger partial charge is 0.497 e. The molecular formula is C13H9N3O2. The van der Waals surface area contributed by atoms with Crippen LogP contribution in [0, 0.1) is 11.3 Å². The summed E-state index contributed by atoms with van der Waals surface area (Å²) in [6, 6.07) is 8.97. The number of hydrogen-bond donors (Lipinski definition) is 2.